The molecule has 2 rings (SSSR count). The summed E-state index contributed by atoms with van der Waals surface area (Å²) in [6, 6.07) is 13.3. The van der Waals surface area contributed by atoms with Gasteiger partial charge in [-0.2, -0.15) is 13.7 Å². The van der Waals surface area contributed by atoms with Crippen LogP contribution >= 0.6 is 0 Å². The van der Waals surface area contributed by atoms with Gasteiger partial charge in [0.05, 0.1) is 5.56 Å². The molecule has 5 nitrogen and oxygen atoms in total. The van der Waals surface area contributed by atoms with Gasteiger partial charge in [0.2, 0.25) is 0 Å². The number of nitrogens with zero attached hydrogens (tertiary/aromatic N) is 1. The highest BCUT2D eigenvalue weighted by Crippen LogP contribution is 2.22. The maximum atomic E-state index is 12.1. The number of Topliss-reactive ketones (excluding diaryl/α,β-unsaturated/α-hetero) is 1. The first-order valence-electron chi connectivity index (χ1n) is 5.98. The molecule has 0 fully saturated rings. The molecule has 0 aliphatic rings. The maximum absolute atomic E-state index is 12.1. The molecule has 0 saturated heterocycles. The van der Waals surface area contributed by atoms with E-state index in [-0.39, 0.29) is 22.0 Å². The second-order valence-electron chi connectivity index (χ2n) is 4.23. The Balaban J connectivity index is 2.34. The lowest BCUT2D eigenvalue weighted by Gasteiger charge is -2.08. The van der Waals surface area contributed by atoms with Crippen LogP contribution in [0.25, 0.3) is 0 Å². The third-order valence-corrected chi connectivity index (χ3v) is 4.01. The van der Waals surface area contributed by atoms with Crippen LogP contribution in [0.1, 0.15) is 22.8 Å². The van der Waals surface area contributed by atoms with E-state index < -0.39 is 10.1 Å². The van der Waals surface area contributed by atoms with Crippen molar-refractivity contribution in [2.24, 2.45) is 0 Å². The average molecular weight is 301 g/mol. The van der Waals surface area contributed by atoms with Crippen LogP contribution in [0.15, 0.2) is 53.4 Å². The number of hydrogen-bond donors (Lipinski definition) is 0. The Morgan fingerprint density at radius 3 is 2.29 bits per heavy atom. The molecule has 106 valence electrons. The van der Waals surface area contributed by atoms with Crippen LogP contribution < -0.4 is 4.18 Å². The van der Waals surface area contributed by atoms with Gasteiger partial charge >= 0.3 is 10.1 Å². The van der Waals surface area contributed by atoms with Gasteiger partial charge in [0.1, 0.15) is 11.0 Å². The van der Waals surface area contributed by atoms with Crippen molar-refractivity contribution in [3.05, 3.63) is 59.7 Å². The first-order valence-corrected chi connectivity index (χ1v) is 7.39. The van der Waals surface area contributed by atoms with E-state index in [1.807, 2.05) is 6.07 Å². The fourth-order valence-corrected chi connectivity index (χ4v) is 2.60. The topological polar surface area (TPSA) is 84.2 Å². The maximum Gasteiger partial charge on any atom is 0.339 e. The zero-order valence-electron chi connectivity index (χ0n) is 11.1. The van der Waals surface area contributed by atoms with Crippen LogP contribution in [0.4, 0.5) is 0 Å². The summed E-state index contributed by atoms with van der Waals surface area (Å²) in [5.41, 5.74) is 0.535. The van der Waals surface area contributed by atoms with E-state index in [0.717, 1.165) is 0 Å². The molecular weight excluding hydrogens is 290 g/mol. The van der Waals surface area contributed by atoms with Gasteiger partial charge in [-0.05, 0) is 31.2 Å². The second kappa shape index (κ2) is 5.77. The van der Waals surface area contributed by atoms with Crippen LogP contribution in [-0.4, -0.2) is 14.2 Å². The summed E-state index contributed by atoms with van der Waals surface area (Å²) in [7, 11) is -4.05. The summed E-state index contributed by atoms with van der Waals surface area (Å²) >= 11 is 0. The minimum Gasteiger partial charge on any atom is -0.378 e. The van der Waals surface area contributed by atoms with Gasteiger partial charge in [-0.25, -0.2) is 0 Å². The Morgan fingerprint density at radius 1 is 1.10 bits per heavy atom. The lowest BCUT2D eigenvalue weighted by atomic mass is 10.2. The SMILES string of the molecule is CC(=O)c1ccc(S(=O)(=O)Oc2ccccc2C#N)cc1. The van der Waals surface area contributed by atoms with Crippen LogP contribution in [0.5, 0.6) is 5.75 Å². The van der Waals surface area contributed by atoms with Crippen molar-refractivity contribution in [3.8, 4) is 11.8 Å². The molecule has 0 radical (unpaired) electrons. The van der Waals surface area contributed by atoms with Crippen LogP contribution in [0.3, 0.4) is 0 Å². The first kappa shape index (κ1) is 14.8. The molecule has 0 N–H and O–H groups in total. The van der Waals surface area contributed by atoms with E-state index in [1.165, 1.54) is 43.3 Å². The van der Waals surface area contributed by atoms with Crippen molar-refractivity contribution in [1.29, 1.82) is 5.26 Å². The molecule has 0 spiro atoms. The second-order valence-corrected chi connectivity index (χ2v) is 5.77. The molecule has 0 bridgehead atoms. The largest absolute Gasteiger partial charge is 0.378 e. The normalized spacial score (nSPS) is 10.7. The van der Waals surface area contributed by atoms with Gasteiger partial charge in [-0.15, -0.1) is 0 Å². The monoisotopic (exact) mass is 301 g/mol. The summed E-state index contributed by atoms with van der Waals surface area (Å²) < 4.78 is 29.2. The van der Waals surface area contributed by atoms with Crippen molar-refractivity contribution in [3.63, 3.8) is 0 Å². The molecule has 0 aromatic heterocycles. The molecule has 0 amide bonds. The Labute approximate surface area is 122 Å². The molecule has 2 aromatic carbocycles. The summed E-state index contributed by atoms with van der Waals surface area (Å²) in [4.78, 5) is 11.1. The third-order valence-electron chi connectivity index (χ3n) is 2.76. The smallest absolute Gasteiger partial charge is 0.339 e. The number of carbonyl (C=O) groups excluding carboxylic acids is 1. The van der Waals surface area contributed by atoms with Gasteiger partial charge in [-0.1, -0.05) is 24.3 Å². The molecule has 21 heavy (non-hydrogen) atoms. The molecule has 0 atom stereocenters. The highest BCUT2D eigenvalue weighted by molar-refractivity contribution is 7.87. The van der Waals surface area contributed by atoms with E-state index in [9.17, 15) is 13.2 Å². The van der Waals surface area contributed by atoms with E-state index in [1.54, 1.807) is 12.1 Å². The first-order chi connectivity index (χ1) is 9.94. The van der Waals surface area contributed by atoms with Gasteiger partial charge in [0.25, 0.3) is 0 Å². The molecular formula is C15H11NO4S. The zero-order valence-corrected chi connectivity index (χ0v) is 11.9. The zero-order chi connectivity index (χ0) is 15.5. The molecule has 0 aliphatic heterocycles. The van der Waals surface area contributed by atoms with Crippen LogP contribution in [0.2, 0.25) is 0 Å². The van der Waals surface area contributed by atoms with Gasteiger partial charge in [0, 0.05) is 5.56 Å². The molecule has 2 aromatic rings. The molecule has 0 unspecified atom stereocenters. The lowest BCUT2D eigenvalue weighted by molar-refractivity contribution is 0.101. The van der Waals surface area contributed by atoms with Gasteiger partial charge in [-0.3, -0.25) is 4.79 Å². The summed E-state index contributed by atoms with van der Waals surface area (Å²) in [5.74, 6) is -0.190. The van der Waals surface area contributed by atoms with E-state index in [4.69, 9.17) is 9.44 Å². The predicted molar refractivity (Wildman–Crippen MR) is 75.4 cm³/mol. The fraction of sp³-hybridized carbons (Fsp3) is 0.0667. The van der Waals surface area contributed by atoms with E-state index in [2.05, 4.69) is 0 Å². The summed E-state index contributed by atoms with van der Waals surface area (Å²) in [6.45, 7) is 1.39. The minimum atomic E-state index is -4.05. The third kappa shape index (κ3) is 3.27. The van der Waals surface area contributed by atoms with Crippen molar-refractivity contribution in [2.45, 2.75) is 11.8 Å². The van der Waals surface area contributed by atoms with Crippen molar-refractivity contribution >= 4 is 15.9 Å². The Morgan fingerprint density at radius 2 is 1.71 bits per heavy atom. The van der Waals surface area contributed by atoms with Gasteiger partial charge in [0.15, 0.2) is 11.5 Å². The quantitative estimate of drug-likeness (QED) is 0.640. The fourth-order valence-electron chi connectivity index (χ4n) is 1.65. The number of para-hydroxylation sites is 1. The van der Waals surface area contributed by atoms with E-state index >= 15 is 0 Å². The van der Waals surface area contributed by atoms with Crippen LogP contribution in [0, 0.1) is 11.3 Å². The lowest BCUT2D eigenvalue weighted by Crippen LogP contribution is -2.10. The van der Waals surface area contributed by atoms with E-state index in [0.29, 0.717) is 5.56 Å². The predicted octanol–water partition coefficient (Wildman–Crippen LogP) is 2.53. The Kier molecular flexibility index (Phi) is 4.05. The Bertz CT molecular complexity index is 817. The molecule has 6 heteroatoms. The Hall–Kier alpha value is -2.65. The van der Waals surface area contributed by atoms with Crippen molar-refractivity contribution in [1.82, 2.24) is 0 Å². The van der Waals surface area contributed by atoms with Crippen molar-refractivity contribution in [2.75, 3.05) is 0 Å². The number of benzene rings is 2. The number of hydrogen-bond acceptors (Lipinski definition) is 5. The van der Waals surface area contributed by atoms with Gasteiger partial charge < -0.3 is 4.18 Å². The number of ketones is 1. The number of rotatable bonds is 4. The molecule has 0 aliphatic carbocycles. The highest BCUT2D eigenvalue weighted by Gasteiger charge is 2.18. The molecule has 0 heterocycles. The average Bonchev–Trinajstić information content (AvgIpc) is 2.47. The number of carbonyl (C=O) groups is 1. The van der Waals surface area contributed by atoms with Crippen LogP contribution in [-0.2, 0) is 10.1 Å². The minimum absolute atomic E-state index is 0.0318. The van der Waals surface area contributed by atoms with Crippen molar-refractivity contribution < 1.29 is 17.4 Å². The number of nitriles is 1. The highest BCUT2D eigenvalue weighted by atomic mass is 32.2. The summed E-state index contributed by atoms with van der Waals surface area (Å²) in [6.07, 6.45) is 0. The standard InChI is InChI=1S/C15H11NO4S/c1-11(17)12-6-8-14(9-7-12)21(18,19)20-15-5-3-2-4-13(15)10-16/h2-9H,1H3. The summed E-state index contributed by atoms with van der Waals surface area (Å²) in [5, 5.41) is 8.92. The molecule has 0 saturated carbocycles.